The molecule has 1 aromatic heterocycles. The van der Waals surface area contributed by atoms with Crippen molar-refractivity contribution >= 4 is 10.9 Å². The van der Waals surface area contributed by atoms with E-state index < -0.39 is 0 Å². The third-order valence-electron chi connectivity index (χ3n) is 3.63. The molecule has 1 atom stereocenters. The molecule has 0 bridgehead atoms. The summed E-state index contributed by atoms with van der Waals surface area (Å²) in [6, 6.07) is 10.5. The van der Waals surface area contributed by atoms with Gasteiger partial charge in [0.2, 0.25) is 0 Å². The number of para-hydroxylation sites is 1. The predicted octanol–water partition coefficient (Wildman–Crippen LogP) is 3.58. The Kier molecular flexibility index (Phi) is 3.97. The second kappa shape index (κ2) is 6.06. The van der Waals surface area contributed by atoms with E-state index in [1.807, 2.05) is 12.3 Å². The fourth-order valence-corrected chi connectivity index (χ4v) is 2.71. The summed E-state index contributed by atoms with van der Waals surface area (Å²) in [6.07, 6.45) is 6.26. The number of hydrogen-bond donors (Lipinski definition) is 1. The summed E-state index contributed by atoms with van der Waals surface area (Å²) in [5, 5.41) is 4.70. The summed E-state index contributed by atoms with van der Waals surface area (Å²) in [4.78, 5) is 4.56. The largest absolute Gasteiger partial charge is 0.496 e. The topological polar surface area (TPSA) is 34.1 Å². The van der Waals surface area contributed by atoms with Crippen molar-refractivity contribution in [3.8, 4) is 0 Å². The smallest absolute Gasteiger partial charge is 0.114 e. The van der Waals surface area contributed by atoms with Crippen molar-refractivity contribution in [1.82, 2.24) is 10.3 Å². The number of rotatable bonds is 4. The zero-order valence-corrected chi connectivity index (χ0v) is 11.8. The lowest BCUT2D eigenvalue weighted by atomic mass is 9.99. The number of nitrogens with zero attached hydrogens (tertiary/aromatic N) is 1. The molecule has 3 nitrogen and oxygen atoms in total. The first-order valence-electron chi connectivity index (χ1n) is 7.30. The van der Waals surface area contributed by atoms with Gasteiger partial charge in [-0.1, -0.05) is 31.2 Å². The highest BCUT2D eigenvalue weighted by atomic mass is 16.5. The lowest BCUT2D eigenvalue weighted by Gasteiger charge is -2.25. The van der Waals surface area contributed by atoms with E-state index in [1.165, 1.54) is 10.9 Å². The van der Waals surface area contributed by atoms with E-state index in [2.05, 4.69) is 47.6 Å². The molecule has 2 heterocycles. The first kappa shape index (κ1) is 13.1. The van der Waals surface area contributed by atoms with Gasteiger partial charge in [0.25, 0.3) is 0 Å². The van der Waals surface area contributed by atoms with Crippen molar-refractivity contribution in [1.29, 1.82) is 0 Å². The summed E-state index contributed by atoms with van der Waals surface area (Å²) in [5.41, 5.74) is 2.24. The fraction of sp³-hybridized carbons (Fsp3) is 0.353. The van der Waals surface area contributed by atoms with Crippen molar-refractivity contribution < 1.29 is 4.74 Å². The maximum atomic E-state index is 5.87. The van der Waals surface area contributed by atoms with Gasteiger partial charge in [0, 0.05) is 17.1 Å². The number of pyridine rings is 1. The molecule has 1 N–H and O–H groups in total. The number of benzene rings is 1. The zero-order chi connectivity index (χ0) is 13.8. The molecular formula is C17H20N2O. The minimum absolute atomic E-state index is 0.0962. The Bertz CT molecular complexity index is 616. The molecule has 0 fully saturated rings. The maximum Gasteiger partial charge on any atom is 0.114 e. The molecule has 0 amide bonds. The summed E-state index contributed by atoms with van der Waals surface area (Å²) in [5.74, 6) is 1.04. The molecule has 0 radical (unpaired) electrons. The fourth-order valence-electron chi connectivity index (χ4n) is 2.71. The number of hydrogen-bond acceptors (Lipinski definition) is 3. The second-order valence-corrected chi connectivity index (χ2v) is 5.01. The second-order valence-electron chi connectivity index (χ2n) is 5.01. The van der Waals surface area contributed by atoms with Crippen LogP contribution in [0.25, 0.3) is 10.9 Å². The minimum atomic E-state index is 0.0962. The summed E-state index contributed by atoms with van der Waals surface area (Å²) in [7, 11) is 0. The van der Waals surface area contributed by atoms with Gasteiger partial charge in [-0.25, -0.2) is 0 Å². The number of fused-ring (bicyclic) bond motifs is 1. The van der Waals surface area contributed by atoms with Gasteiger partial charge in [-0.05, 0) is 31.5 Å². The standard InChI is InChI=1S/C17H20N2O/c1-2-18-17(15-10-3-4-12-20-15)14-9-5-7-13-8-6-11-19-16(13)14/h5-11,17-18H,2-4,12H2,1H3. The van der Waals surface area contributed by atoms with Crippen LogP contribution in [0.1, 0.15) is 31.4 Å². The van der Waals surface area contributed by atoms with Crippen molar-refractivity contribution in [2.75, 3.05) is 13.2 Å². The third-order valence-corrected chi connectivity index (χ3v) is 3.63. The van der Waals surface area contributed by atoms with Crippen LogP contribution in [-0.4, -0.2) is 18.1 Å². The molecule has 2 aromatic rings. The summed E-state index contributed by atoms with van der Waals surface area (Å²) >= 11 is 0. The molecule has 104 valence electrons. The normalized spacial score (nSPS) is 16.6. The first-order chi connectivity index (χ1) is 9.90. The highest BCUT2D eigenvalue weighted by Gasteiger charge is 2.21. The van der Waals surface area contributed by atoms with E-state index >= 15 is 0 Å². The maximum absolute atomic E-state index is 5.87. The lowest BCUT2D eigenvalue weighted by molar-refractivity contribution is 0.168. The Hall–Kier alpha value is -1.87. The van der Waals surface area contributed by atoms with Crippen molar-refractivity contribution in [3.05, 3.63) is 53.9 Å². The van der Waals surface area contributed by atoms with E-state index in [9.17, 15) is 0 Å². The van der Waals surface area contributed by atoms with Gasteiger partial charge in [-0.15, -0.1) is 0 Å². The molecule has 1 aliphatic heterocycles. The number of ether oxygens (including phenoxy) is 1. The van der Waals surface area contributed by atoms with E-state index in [1.54, 1.807) is 0 Å². The van der Waals surface area contributed by atoms with Crippen LogP contribution in [0.15, 0.2) is 48.4 Å². The van der Waals surface area contributed by atoms with Crippen LogP contribution in [0.2, 0.25) is 0 Å². The highest BCUT2D eigenvalue weighted by molar-refractivity contribution is 5.82. The lowest BCUT2D eigenvalue weighted by Crippen LogP contribution is -2.25. The van der Waals surface area contributed by atoms with E-state index in [0.29, 0.717) is 0 Å². The quantitative estimate of drug-likeness (QED) is 0.920. The van der Waals surface area contributed by atoms with Crippen LogP contribution in [0, 0.1) is 0 Å². The van der Waals surface area contributed by atoms with Crippen LogP contribution >= 0.6 is 0 Å². The van der Waals surface area contributed by atoms with Gasteiger partial charge in [-0.3, -0.25) is 4.98 Å². The Morgan fingerprint density at radius 2 is 2.20 bits per heavy atom. The molecule has 20 heavy (non-hydrogen) atoms. The number of likely N-dealkylation sites (N-methyl/N-ethyl adjacent to an activating group) is 1. The van der Waals surface area contributed by atoms with Crippen LogP contribution in [0.3, 0.4) is 0 Å². The minimum Gasteiger partial charge on any atom is -0.496 e. The van der Waals surface area contributed by atoms with Gasteiger partial charge >= 0.3 is 0 Å². The Labute approximate surface area is 119 Å². The Morgan fingerprint density at radius 3 is 3.00 bits per heavy atom. The summed E-state index contributed by atoms with van der Waals surface area (Å²) < 4.78 is 5.87. The van der Waals surface area contributed by atoms with Gasteiger partial charge < -0.3 is 10.1 Å². The monoisotopic (exact) mass is 268 g/mol. The molecule has 3 rings (SSSR count). The number of allylic oxidation sites excluding steroid dienone is 1. The SMILES string of the molecule is CCNC(C1=CCCCO1)c1cccc2cccnc12. The first-order valence-corrected chi connectivity index (χ1v) is 7.30. The molecule has 1 aliphatic rings. The van der Waals surface area contributed by atoms with Crippen molar-refractivity contribution in [2.45, 2.75) is 25.8 Å². The molecule has 0 saturated carbocycles. The van der Waals surface area contributed by atoms with Gasteiger partial charge in [-0.2, -0.15) is 0 Å². The number of nitrogens with one attached hydrogen (secondary N) is 1. The molecule has 1 aromatic carbocycles. The molecule has 3 heteroatoms. The van der Waals surface area contributed by atoms with E-state index in [-0.39, 0.29) is 6.04 Å². The van der Waals surface area contributed by atoms with Crippen molar-refractivity contribution in [3.63, 3.8) is 0 Å². The average molecular weight is 268 g/mol. The molecular weight excluding hydrogens is 248 g/mol. The molecule has 0 aliphatic carbocycles. The number of aromatic nitrogens is 1. The molecule has 1 unspecified atom stereocenters. The van der Waals surface area contributed by atoms with E-state index in [0.717, 1.165) is 37.3 Å². The van der Waals surface area contributed by atoms with Crippen LogP contribution < -0.4 is 5.32 Å². The average Bonchev–Trinajstić information content (AvgIpc) is 2.53. The Morgan fingerprint density at radius 1 is 1.30 bits per heavy atom. The van der Waals surface area contributed by atoms with Gasteiger partial charge in [0.05, 0.1) is 18.2 Å². The third kappa shape index (κ3) is 2.54. The molecule has 0 saturated heterocycles. The molecule has 0 spiro atoms. The summed E-state index contributed by atoms with van der Waals surface area (Å²) in [6.45, 7) is 3.83. The Balaban J connectivity index is 2.07. The van der Waals surface area contributed by atoms with Crippen molar-refractivity contribution in [2.24, 2.45) is 0 Å². The van der Waals surface area contributed by atoms with E-state index in [4.69, 9.17) is 4.74 Å². The predicted molar refractivity (Wildman–Crippen MR) is 81.4 cm³/mol. The van der Waals surface area contributed by atoms with Gasteiger partial charge in [0.15, 0.2) is 0 Å². The van der Waals surface area contributed by atoms with Crippen LogP contribution in [0.4, 0.5) is 0 Å². The van der Waals surface area contributed by atoms with Gasteiger partial charge in [0.1, 0.15) is 5.76 Å². The highest BCUT2D eigenvalue weighted by Crippen LogP contribution is 2.30. The van der Waals surface area contributed by atoms with Crippen LogP contribution in [-0.2, 0) is 4.74 Å². The van der Waals surface area contributed by atoms with Crippen LogP contribution in [0.5, 0.6) is 0 Å². The zero-order valence-electron chi connectivity index (χ0n) is 11.8.